The molecular formula is C21H31NO6. The molecule has 1 aromatic rings. The molecule has 0 saturated carbocycles. The Kier molecular flexibility index (Phi) is 6.47. The highest BCUT2D eigenvalue weighted by atomic mass is 16.7. The molecule has 1 aliphatic rings. The highest BCUT2D eigenvalue weighted by Gasteiger charge is 2.32. The Labute approximate surface area is 166 Å². The lowest BCUT2D eigenvalue weighted by Gasteiger charge is -2.30. The van der Waals surface area contributed by atoms with Crippen LogP contribution < -0.4 is 9.47 Å². The highest BCUT2D eigenvalue weighted by Crippen LogP contribution is 2.33. The molecule has 1 aliphatic heterocycles. The van der Waals surface area contributed by atoms with Crippen molar-refractivity contribution in [3.8, 4) is 11.5 Å². The zero-order valence-corrected chi connectivity index (χ0v) is 17.8. The Bertz CT molecular complexity index is 722. The molecule has 1 heterocycles. The molecular weight excluding hydrogens is 362 g/mol. The number of benzene rings is 1. The summed E-state index contributed by atoms with van der Waals surface area (Å²) in [6.07, 6.45) is 0.179. The number of rotatable bonds is 6. The number of carbonyl (C=O) groups excluding carboxylic acids is 2. The fraction of sp³-hybridized carbons (Fsp3) is 0.619. The Morgan fingerprint density at radius 2 is 1.79 bits per heavy atom. The fourth-order valence-corrected chi connectivity index (χ4v) is 2.50. The zero-order chi connectivity index (χ0) is 21.1. The fourth-order valence-electron chi connectivity index (χ4n) is 2.50. The Hall–Kier alpha value is -2.44. The van der Waals surface area contributed by atoms with Crippen LogP contribution in [0.25, 0.3) is 0 Å². The van der Waals surface area contributed by atoms with Crippen LogP contribution in [0.1, 0.15) is 47.1 Å². The predicted octanol–water partition coefficient (Wildman–Crippen LogP) is 3.78. The molecule has 0 fully saturated rings. The number of nitrogens with zero attached hydrogens (tertiary/aromatic N) is 1. The Morgan fingerprint density at radius 1 is 1.14 bits per heavy atom. The van der Waals surface area contributed by atoms with E-state index in [1.54, 1.807) is 41.7 Å². The lowest BCUT2D eigenvalue weighted by Crippen LogP contribution is -2.42. The molecule has 0 saturated heterocycles. The third-order valence-corrected chi connectivity index (χ3v) is 4.44. The molecule has 156 valence electrons. The minimum absolute atomic E-state index is 0.0191. The molecule has 1 aromatic carbocycles. The van der Waals surface area contributed by atoms with E-state index in [0.717, 1.165) is 17.1 Å². The number of amides is 1. The largest absolute Gasteiger partial charge is 0.456 e. The van der Waals surface area contributed by atoms with Crippen LogP contribution in [0.5, 0.6) is 11.5 Å². The zero-order valence-electron chi connectivity index (χ0n) is 17.8. The summed E-state index contributed by atoms with van der Waals surface area (Å²) in [5.41, 5.74) is -0.477. The van der Waals surface area contributed by atoms with Crippen molar-refractivity contribution >= 4 is 12.1 Å². The Balaban J connectivity index is 1.86. The van der Waals surface area contributed by atoms with Gasteiger partial charge in [-0.3, -0.25) is 4.79 Å². The van der Waals surface area contributed by atoms with Gasteiger partial charge in [0.25, 0.3) is 0 Å². The van der Waals surface area contributed by atoms with E-state index in [-0.39, 0.29) is 25.4 Å². The van der Waals surface area contributed by atoms with E-state index in [4.69, 9.17) is 18.9 Å². The average molecular weight is 393 g/mol. The van der Waals surface area contributed by atoms with Crippen molar-refractivity contribution < 1.29 is 28.5 Å². The van der Waals surface area contributed by atoms with Crippen molar-refractivity contribution in [3.63, 3.8) is 0 Å². The van der Waals surface area contributed by atoms with Gasteiger partial charge < -0.3 is 23.8 Å². The van der Waals surface area contributed by atoms with Crippen molar-refractivity contribution in [2.24, 2.45) is 5.41 Å². The van der Waals surface area contributed by atoms with Crippen LogP contribution >= 0.6 is 0 Å². The van der Waals surface area contributed by atoms with Gasteiger partial charge in [0.15, 0.2) is 11.5 Å². The molecule has 0 aromatic heterocycles. The molecule has 2 rings (SSSR count). The SMILES string of the molecule is CC(Cc1ccc2c(c1)OCO2)N(C)C(=O)OCC(C)(C)OC(=O)C(C)(C)C. The third kappa shape index (κ3) is 5.78. The third-order valence-electron chi connectivity index (χ3n) is 4.44. The number of hydrogen-bond acceptors (Lipinski definition) is 6. The molecule has 0 spiro atoms. The molecule has 7 heteroatoms. The van der Waals surface area contributed by atoms with Crippen LogP contribution in [0.2, 0.25) is 0 Å². The number of likely N-dealkylation sites (N-methyl/N-ethyl adjacent to an activating group) is 1. The lowest BCUT2D eigenvalue weighted by atomic mass is 9.97. The average Bonchev–Trinajstić information content (AvgIpc) is 3.05. The van der Waals surface area contributed by atoms with Crippen LogP contribution in [0, 0.1) is 5.41 Å². The van der Waals surface area contributed by atoms with Crippen molar-refractivity contribution in [2.75, 3.05) is 20.4 Å². The van der Waals surface area contributed by atoms with Crippen molar-refractivity contribution in [1.29, 1.82) is 0 Å². The maximum Gasteiger partial charge on any atom is 0.409 e. The summed E-state index contributed by atoms with van der Waals surface area (Å²) < 4.78 is 21.6. The topological polar surface area (TPSA) is 74.3 Å². The van der Waals surface area contributed by atoms with Gasteiger partial charge in [-0.2, -0.15) is 0 Å². The second-order valence-electron chi connectivity index (χ2n) is 8.81. The molecule has 7 nitrogen and oxygen atoms in total. The molecule has 1 atom stereocenters. The summed E-state index contributed by atoms with van der Waals surface area (Å²) in [5.74, 6) is 1.12. The lowest BCUT2D eigenvalue weighted by molar-refractivity contribution is -0.170. The van der Waals surface area contributed by atoms with Crippen LogP contribution in [0.3, 0.4) is 0 Å². The van der Waals surface area contributed by atoms with Gasteiger partial charge >= 0.3 is 12.1 Å². The molecule has 28 heavy (non-hydrogen) atoms. The number of ether oxygens (including phenoxy) is 4. The van der Waals surface area contributed by atoms with Crippen molar-refractivity contribution in [1.82, 2.24) is 4.90 Å². The van der Waals surface area contributed by atoms with Crippen LogP contribution in [0.4, 0.5) is 4.79 Å². The van der Waals surface area contributed by atoms with E-state index in [0.29, 0.717) is 6.42 Å². The summed E-state index contributed by atoms with van der Waals surface area (Å²) in [4.78, 5) is 26.0. The summed E-state index contributed by atoms with van der Waals surface area (Å²) in [5, 5.41) is 0. The summed E-state index contributed by atoms with van der Waals surface area (Å²) in [7, 11) is 1.69. The first-order valence-corrected chi connectivity index (χ1v) is 9.40. The van der Waals surface area contributed by atoms with Gasteiger partial charge in [-0.05, 0) is 65.7 Å². The first-order valence-electron chi connectivity index (χ1n) is 9.40. The molecule has 1 amide bonds. The predicted molar refractivity (Wildman–Crippen MR) is 104 cm³/mol. The van der Waals surface area contributed by atoms with Gasteiger partial charge in [0, 0.05) is 13.1 Å². The van der Waals surface area contributed by atoms with E-state index >= 15 is 0 Å². The smallest absolute Gasteiger partial charge is 0.409 e. The van der Waals surface area contributed by atoms with Crippen LogP contribution in [-0.4, -0.2) is 49.1 Å². The standard InChI is InChI=1S/C21H31NO6/c1-14(10-15-8-9-16-17(11-15)27-13-26-16)22(7)19(24)25-12-21(5,6)28-18(23)20(2,3)4/h8-9,11,14H,10,12-13H2,1-7H3. The number of hydrogen-bond donors (Lipinski definition) is 0. The maximum atomic E-state index is 12.4. The number of fused-ring (bicyclic) bond motifs is 1. The van der Waals surface area contributed by atoms with E-state index < -0.39 is 17.1 Å². The van der Waals surface area contributed by atoms with Crippen molar-refractivity contribution in [3.05, 3.63) is 23.8 Å². The minimum Gasteiger partial charge on any atom is -0.456 e. The van der Waals surface area contributed by atoms with E-state index in [2.05, 4.69) is 0 Å². The molecule has 0 aliphatic carbocycles. The van der Waals surface area contributed by atoms with E-state index in [1.165, 1.54) is 4.90 Å². The summed E-state index contributed by atoms with van der Waals surface area (Å²) in [6, 6.07) is 5.66. The number of esters is 1. The molecule has 0 N–H and O–H groups in total. The van der Waals surface area contributed by atoms with Gasteiger partial charge in [-0.15, -0.1) is 0 Å². The van der Waals surface area contributed by atoms with Gasteiger partial charge in [0.05, 0.1) is 5.41 Å². The normalized spacial score (nSPS) is 14.4. The van der Waals surface area contributed by atoms with Gasteiger partial charge in [0.1, 0.15) is 12.2 Å². The number of carbonyl (C=O) groups is 2. The second-order valence-corrected chi connectivity index (χ2v) is 8.81. The first-order chi connectivity index (χ1) is 12.9. The first kappa shape index (κ1) is 21.9. The highest BCUT2D eigenvalue weighted by molar-refractivity contribution is 5.75. The Morgan fingerprint density at radius 3 is 2.43 bits per heavy atom. The quantitative estimate of drug-likeness (QED) is 0.685. The van der Waals surface area contributed by atoms with Crippen molar-refractivity contribution in [2.45, 2.75) is 59.6 Å². The molecule has 1 unspecified atom stereocenters. The van der Waals surface area contributed by atoms with Gasteiger partial charge in [-0.1, -0.05) is 6.07 Å². The van der Waals surface area contributed by atoms with Crippen LogP contribution in [-0.2, 0) is 20.7 Å². The summed E-state index contributed by atoms with van der Waals surface area (Å²) >= 11 is 0. The van der Waals surface area contributed by atoms with Crippen LogP contribution in [0.15, 0.2) is 18.2 Å². The van der Waals surface area contributed by atoms with E-state index in [1.807, 2.05) is 25.1 Å². The second kappa shape index (κ2) is 8.29. The van der Waals surface area contributed by atoms with Gasteiger partial charge in [-0.25, -0.2) is 4.79 Å². The monoisotopic (exact) mass is 393 g/mol. The summed E-state index contributed by atoms with van der Waals surface area (Å²) in [6.45, 7) is 10.9. The van der Waals surface area contributed by atoms with Gasteiger partial charge in [0.2, 0.25) is 6.79 Å². The maximum absolute atomic E-state index is 12.4. The minimum atomic E-state index is -0.901. The van der Waals surface area contributed by atoms with E-state index in [9.17, 15) is 9.59 Å². The molecule has 0 radical (unpaired) electrons. The molecule has 0 bridgehead atoms.